The molecule has 0 bridgehead atoms. The molecule has 6 aromatic rings. The fraction of sp³-hybridized carbons (Fsp3) is 0.0588. The van der Waals surface area contributed by atoms with Crippen molar-refractivity contribution in [1.82, 2.24) is 0 Å². The van der Waals surface area contributed by atoms with E-state index in [9.17, 15) is 30.2 Å². The summed E-state index contributed by atoms with van der Waals surface area (Å²) in [6, 6.07) is 59.0. The normalized spacial score (nSPS) is 10.1. The van der Waals surface area contributed by atoms with Crippen molar-refractivity contribution < 1.29 is 28.6 Å². The van der Waals surface area contributed by atoms with Crippen LogP contribution in [0.2, 0.25) is 0 Å². The van der Waals surface area contributed by atoms with Crippen LogP contribution < -0.4 is 0 Å². The molecular formula is C51H35N3O6. The van der Waals surface area contributed by atoms with Crippen LogP contribution in [0.15, 0.2) is 199 Å². The predicted molar refractivity (Wildman–Crippen MR) is 225 cm³/mol. The smallest absolute Gasteiger partial charge is 0.350 e. The highest BCUT2D eigenvalue weighted by Gasteiger charge is 2.28. The molecule has 6 rings (SSSR count). The van der Waals surface area contributed by atoms with E-state index in [4.69, 9.17) is 14.2 Å². The summed E-state index contributed by atoms with van der Waals surface area (Å²) in [6.45, 7) is -1.39. The largest absolute Gasteiger partial charge is 0.457 e. The Hall–Kier alpha value is -8.58. The molecule has 0 aromatic heterocycles. The van der Waals surface area contributed by atoms with Crippen LogP contribution in [-0.4, -0.2) is 37.2 Å². The Balaban J connectivity index is 1.37. The molecule has 0 unspecified atom stereocenters. The molecule has 0 atom stereocenters. The van der Waals surface area contributed by atoms with E-state index in [2.05, 4.69) is 0 Å². The molecule has 9 nitrogen and oxygen atoms in total. The van der Waals surface area contributed by atoms with Crippen LogP contribution in [-0.2, 0) is 28.6 Å². The zero-order valence-electron chi connectivity index (χ0n) is 32.1. The minimum Gasteiger partial charge on any atom is -0.457 e. The second kappa shape index (κ2) is 20.5. The summed E-state index contributed by atoms with van der Waals surface area (Å²) >= 11 is 0. The number of benzene rings is 6. The van der Waals surface area contributed by atoms with Crippen LogP contribution in [0.25, 0.3) is 16.7 Å². The number of nitrogens with zero attached hydrogens (tertiary/aromatic N) is 3. The number of hydrogen-bond acceptors (Lipinski definition) is 9. The number of rotatable bonds is 14. The third kappa shape index (κ3) is 10.0. The van der Waals surface area contributed by atoms with Gasteiger partial charge >= 0.3 is 17.9 Å². The van der Waals surface area contributed by atoms with Gasteiger partial charge < -0.3 is 14.2 Å². The average molecular weight is 786 g/mol. The van der Waals surface area contributed by atoms with Gasteiger partial charge in [0, 0.05) is 16.7 Å². The van der Waals surface area contributed by atoms with Crippen molar-refractivity contribution >= 4 is 34.6 Å². The first kappa shape index (κ1) is 41.1. The van der Waals surface area contributed by atoms with E-state index in [0.717, 1.165) is 0 Å². The fourth-order valence-corrected chi connectivity index (χ4v) is 6.41. The first-order valence-corrected chi connectivity index (χ1v) is 18.7. The molecule has 0 amide bonds. The van der Waals surface area contributed by atoms with Crippen molar-refractivity contribution in [1.29, 1.82) is 15.8 Å². The van der Waals surface area contributed by atoms with Gasteiger partial charge in [-0.05, 0) is 33.4 Å². The minimum atomic E-state index is -1.50. The van der Waals surface area contributed by atoms with E-state index in [1.54, 1.807) is 182 Å². The molecule has 0 saturated heterocycles. The van der Waals surface area contributed by atoms with Crippen molar-refractivity contribution in [3.8, 4) is 18.2 Å². The lowest BCUT2D eigenvalue weighted by molar-refractivity contribution is -0.161. The van der Waals surface area contributed by atoms with E-state index in [-0.39, 0.29) is 22.3 Å². The number of hydrogen-bond donors (Lipinski definition) is 0. The van der Waals surface area contributed by atoms with E-state index >= 15 is 0 Å². The second-order valence-electron chi connectivity index (χ2n) is 13.0. The molecule has 0 spiro atoms. The maximum atomic E-state index is 14.1. The van der Waals surface area contributed by atoms with Gasteiger partial charge in [0.15, 0.2) is 6.10 Å². The Labute approximate surface area is 347 Å². The van der Waals surface area contributed by atoms with Gasteiger partial charge in [0.25, 0.3) is 0 Å². The van der Waals surface area contributed by atoms with Gasteiger partial charge in [-0.3, -0.25) is 0 Å². The van der Waals surface area contributed by atoms with Crippen molar-refractivity contribution in [3.63, 3.8) is 0 Å². The van der Waals surface area contributed by atoms with E-state index < -0.39 is 37.2 Å². The van der Waals surface area contributed by atoms with Gasteiger partial charge in [-0.1, -0.05) is 182 Å². The first-order chi connectivity index (χ1) is 29.4. The average Bonchev–Trinajstić information content (AvgIpc) is 3.31. The van der Waals surface area contributed by atoms with E-state index in [1.807, 2.05) is 18.2 Å². The standard InChI is InChI=1S/C51H35N3O6/c52-31-43(46(36-19-7-1-8-20-36)37-21-9-2-10-22-37)49(55)58-34-42(60-51(57)45(33-54)48(40-27-15-5-16-28-40)41-29-17-6-18-30-41)35-59-50(56)44(32-53)47(38-23-11-3-12-24-38)39-25-13-4-14-26-39/h1-30,42H,34-35H2. The van der Waals surface area contributed by atoms with Crippen LogP contribution in [0.4, 0.5) is 0 Å². The van der Waals surface area contributed by atoms with Crippen LogP contribution in [0, 0.1) is 34.0 Å². The summed E-state index contributed by atoms with van der Waals surface area (Å²) in [5, 5.41) is 31.1. The number of ether oxygens (including phenoxy) is 3. The Bertz CT molecular complexity index is 2420. The zero-order valence-corrected chi connectivity index (χ0v) is 32.1. The molecule has 60 heavy (non-hydrogen) atoms. The van der Waals surface area contributed by atoms with Gasteiger partial charge in [0.05, 0.1) is 0 Å². The number of carbonyl (C=O) groups excluding carboxylic acids is 3. The van der Waals surface area contributed by atoms with Gasteiger partial charge in [-0.25, -0.2) is 14.4 Å². The van der Waals surface area contributed by atoms with Crippen LogP contribution in [0.1, 0.15) is 33.4 Å². The number of carbonyl (C=O) groups is 3. The number of nitriles is 3. The molecule has 9 heteroatoms. The highest BCUT2D eigenvalue weighted by atomic mass is 16.6. The monoisotopic (exact) mass is 785 g/mol. The summed E-state index contributed by atoms with van der Waals surface area (Å²) in [5.41, 5.74) is 3.32. The highest BCUT2D eigenvalue weighted by molar-refractivity contribution is 6.07. The van der Waals surface area contributed by atoms with E-state index in [0.29, 0.717) is 44.5 Å². The zero-order chi connectivity index (χ0) is 42.1. The van der Waals surface area contributed by atoms with Crippen LogP contribution in [0.5, 0.6) is 0 Å². The Morgan fingerprint density at radius 1 is 0.367 bits per heavy atom. The van der Waals surface area contributed by atoms with Crippen molar-refractivity contribution in [2.75, 3.05) is 13.2 Å². The summed E-state index contributed by atoms with van der Waals surface area (Å²) in [6.07, 6.45) is -1.50. The maximum absolute atomic E-state index is 14.1. The summed E-state index contributed by atoms with van der Waals surface area (Å²) in [5.74, 6) is -3.16. The molecule has 0 radical (unpaired) electrons. The molecule has 290 valence electrons. The molecule has 0 aliphatic heterocycles. The van der Waals surface area contributed by atoms with Crippen molar-refractivity contribution in [3.05, 3.63) is 232 Å². The quantitative estimate of drug-likeness (QED) is 0.0456. The van der Waals surface area contributed by atoms with Crippen LogP contribution >= 0.6 is 0 Å². The summed E-state index contributed by atoms with van der Waals surface area (Å²) in [7, 11) is 0. The third-order valence-corrected chi connectivity index (χ3v) is 9.15. The third-order valence-electron chi connectivity index (χ3n) is 9.15. The Kier molecular flexibility index (Phi) is 14.1. The summed E-state index contributed by atoms with van der Waals surface area (Å²) in [4.78, 5) is 41.8. The summed E-state index contributed by atoms with van der Waals surface area (Å²) < 4.78 is 17.2. The molecule has 0 aliphatic rings. The van der Waals surface area contributed by atoms with Gasteiger partial charge in [0.2, 0.25) is 0 Å². The molecular weight excluding hydrogens is 751 g/mol. The SMILES string of the molecule is N#CC(C(=O)OCC(COC(=O)C(C#N)=C(c1ccccc1)c1ccccc1)OC(=O)C(C#N)=C(c1ccccc1)c1ccccc1)=C(c1ccccc1)c1ccccc1. The molecule has 0 N–H and O–H groups in total. The van der Waals surface area contributed by atoms with Crippen LogP contribution in [0.3, 0.4) is 0 Å². The topological polar surface area (TPSA) is 150 Å². The van der Waals surface area contributed by atoms with Gasteiger partial charge in [0.1, 0.15) is 48.1 Å². The Morgan fingerprint density at radius 3 is 0.800 bits per heavy atom. The minimum absolute atomic E-state index is 0.284. The van der Waals surface area contributed by atoms with Gasteiger partial charge in [-0.15, -0.1) is 0 Å². The molecule has 0 heterocycles. The molecule has 0 saturated carbocycles. The molecule has 6 aromatic carbocycles. The Morgan fingerprint density at radius 2 is 0.583 bits per heavy atom. The highest BCUT2D eigenvalue weighted by Crippen LogP contribution is 2.30. The molecule has 0 aliphatic carbocycles. The fourth-order valence-electron chi connectivity index (χ4n) is 6.41. The van der Waals surface area contributed by atoms with E-state index in [1.165, 1.54) is 0 Å². The van der Waals surface area contributed by atoms with Gasteiger partial charge in [-0.2, -0.15) is 15.8 Å². The van der Waals surface area contributed by atoms with Crippen molar-refractivity contribution in [2.45, 2.75) is 6.10 Å². The second-order valence-corrected chi connectivity index (χ2v) is 13.0. The lowest BCUT2D eigenvalue weighted by Crippen LogP contribution is -2.32. The lowest BCUT2D eigenvalue weighted by Gasteiger charge is -2.20. The first-order valence-electron chi connectivity index (χ1n) is 18.7. The lowest BCUT2D eigenvalue weighted by atomic mass is 9.93. The van der Waals surface area contributed by atoms with Crippen molar-refractivity contribution in [2.24, 2.45) is 0 Å². The predicted octanol–water partition coefficient (Wildman–Crippen LogP) is 9.06. The maximum Gasteiger partial charge on any atom is 0.350 e. The number of esters is 3. The molecule has 0 fully saturated rings.